The Balaban J connectivity index is 2.70. The molecular formula is C14H25NOS. The van der Waals surface area contributed by atoms with Crippen LogP contribution in [0.15, 0.2) is 0 Å². The Morgan fingerprint density at radius 2 is 2.12 bits per heavy atom. The van der Waals surface area contributed by atoms with Crippen LogP contribution in [0.25, 0.3) is 0 Å². The van der Waals surface area contributed by atoms with E-state index >= 15 is 0 Å². The Bertz CT molecular complexity index is 297. The maximum atomic E-state index is 12.4. The van der Waals surface area contributed by atoms with E-state index in [1.165, 1.54) is 12.8 Å². The van der Waals surface area contributed by atoms with Crippen molar-refractivity contribution < 1.29 is 4.21 Å². The van der Waals surface area contributed by atoms with Crippen molar-refractivity contribution in [3.63, 3.8) is 0 Å². The Morgan fingerprint density at radius 1 is 1.41 bits per heavy atom. The van der Waals surface area contributed by atoms with Gasteiger partial charge >= 0.3 is 0 Å². The Hall–Kier alpha value is -0.360. The van der Waals surface area contributed by atoms with Gasteiger partial charge < -0.3 is 0 Å². The molecule has 0 aromatic heterocycles. The van der Waals surface area contributed by atoms with Gasteiger partial charge in [0.2, 0.25) is 0 Å². The normalized spacial score (nSPS) is 32.7. The zero-order valence-corrected chi connectivity index (χ0v) is 12.1. The summed E-state index contributed by atoms with van der Waals surface area (Å²) in [6.45, 7) is 6.33. The zero-order chi connectivity index (χ0) is 12.8. The molecule has 0 N–H and O–H groups in total. The fourth-order valence-corrected chi connectivity index (χ4v) is 4.66. The van der Waals surface area contributed by atoms with E-state index in [1.807, 2.05) is 6.92 Å². The number of rotatable bonds is 5. The average molecular weight is 255 g/mol. The quantitative estimate of drug-likeness (QED) is 0.752. The summed E-state index contributed by atoms with van der Waals surface area (Å²) in [5.41, 5.74) is 0. The molecule has 17 heavy (non-hydrogen) atoms. The fourth-order valence-electron chi connectivity index (χ4n) is 2.75. The van der Waals surface area contributed by atoms with Gasteiger partial charge in [-0.15, -0.1) is 0 Å². The molecule has 1 fully saturated rings. The molecule has 0 aromatic carbocycles. The van der Waals surface area contributed by atoms with Crippen LogP contribution < -0.4 is 0 Å². The fraction of sp³-hybridized carbons (Fsp3) is 0.929. The van der Waals surface area contributed by atoms with Gasteiger partial charge in [-0.25, -0.2) is 0 Å². The van der Waals surface area contributed by atoms with E-state index < -0.39 is 10.8 Å². The lowest BCUT2D eigenvalue weighted by Gasteiger charge is -2.33. The molecular weight excluding hydrogens is 230 g/mol. The first kappa shape index (κ1) is 14.7. The molecule has 1 aliphatic carbocycles. The zero-order valence-electron chi connectivity index (χ0n) is 11.3. The highest BCUT2D eigenvalue weighted by atomic mass is 32.2. The summed E-state index contributed by atoms with van der Waals surface area (Å²) in [6.07, 6.45) is 6.48. The summed E-state index contributed by atoms with van der Waals surface area (Å²) in [5.74, 6) is 0.723. The highest BCUT2D eigenvalue weighted by molar-refractivity contribution is 7.86. The van der Waals surface area contributed by atoms with Gasteiger partial charge in [0.25, 0.3) is 0 Å². The minimum absolute atomic E-state index is 0.0259. The highest BCUT2D eigenvalue weighted by Gasteiger charge is 2.35. The van der Waals surface area contributed by atoms with Crippen LogP contribution in [0.5, 0.6) is 0 Å². The van der Waals surface area contributed by atoms with Crippen molar-refractivity contribution in [1.29, 1.82) is 5.26 Å². The summed E-state index contributed by atoms with van der Waals surface area (Å²) in [5, 5.41) is 9.55. The molecule has 5 atom stereocenters. The van der Waals surface area contributed by atoms with E-state index in [2.05, 4.69) is 19.9 Å². The molecule has 0 bridgehead atoms. The SMILES string of the molecule is CCCC1CCC(C#N)C(S(=O)C(C)CC)C1. The van der Waals surface area contributed by atoms with Crippen LogP contribution in [0.3, 0.4) is 0 Å². The van der Waals surface area contributed by atoms with E-state index in [4.69, 9.17) is 0 Å². The highest BCUT2D eigenvalue weighted by Crippen LogP contribution is 2.35. The molecule has 98 valence electrons. The minimum atomic E-state index is -0.828. The second-order valence-electron chi connectivity index (χ2n) is 5.29. The Labute approximate surface area is 108 Å². The molecule has 0 amide bonds. The first-order valence-electron chi connectivity index (χ1n) is 6.92. The van der Waals surface area contributed by atoms with Crippen molar-refractivity contribution in [2.24, 2.45) is 11.8 Å². The van der Waals surface area contributed by atoms with Crippen molar-refractivity contribution in [1.82, 2.24) is 0 Å². The number of hydrogen-bond donors (Lipinski definition) is 0. The predicted octanol–water partition coefficient (Wildman–Crippen LogP) is 3.64. The molecule has 0 heterocycles. The molecule has 2 nitrogen and oxygen atoms in total. The first-order chi connectivity index (χ1) is 8.13. The second-order valence-corrected chi connectivity index (χ2v) is 7.36. The molecule has 1 aliphatic rings. The van der Waals surface area contributed by atoms with Crippen LogP contribution in [0.1, 0.15) is 59.3 Å². The second kappa shape index (κ2) is 7.16. The lowest BCUT2D eigenvalue weighted by atomic mass is 9.80. The lowest BCUT2D eigenvalue weighted by molar-refractivity contribution is 0.302. The van der Waals surface area contributed by atoms with Crippen molar-refractivity contribution in [2.45, 2.75) is 69.8 Å². The summed E-state index contributed by atoms with van der Waals surface area (Å²) in [4.78, 5) is 0. The topological polar surface area (TPSA) is 40.9 Å². The van der Waals surface area contributed by atoms with Gasteiger partial charge in [0.15, 0.2) is 0 Å². The molecule has 1 saturated carbocycles. The van der Waals surface area contributed by atoms with Crippen molar-refractivity contribution in [2.75, 3.05) is 0 Å². The van der Waals surface area contributed by atoms with E-state index in [9.17, 15) is 9.47 Å². The summed E-state index contributed by atoms with van der Waals surface area (Å²) in [6, 6.07) is 2.38. The summed E-state index contributed by atoms with van der Waals surface area (Å²) < 4.78 is 12.4. The molecule has 0 aromatic rings. The van der Waals surface area contributed by atoms with E-state index in [-0.39, 0.29) is 16.4 Å². The van der Waals surface area contributed by atoms with Crippen molar-refractivity contribution in [3.8, 4) is 6.07 Å². The minimum Gasteiger partial charge on any atom is -0.259 e. The lowest BCUT2D eigenvalue weighted by Crippen LogP contribution is -2.36. The maximum Gasteiger partial charge on any atom is 0.0668 e. The van der Waals surface area contributed by atoms with Crippen LogP contribution in [0.2, 0.25) is 0 Å². The summed E-state index contributed by atoms with van der Waals surface area (Å²) >= 11 is 0. The molecule has 0 radical (unpaired) electrons. The van der Waals surface area contributed by atoms with E-state index in [0.717, 1.165) is 25.7 Å². The van der Waals surface area contributed by atoms with Crippen LogP contribution in [0, 0.1) is 23.2 Å². The van der Waals surface area contributed by atoms with Gasteiger partial charge in [-0.2, -0.15) is 5.26 Å². The van der Waals surface area contributed by atoms with Gasteiger partial charge in [-0.05, 0) is 31.6 Å². The Kier molecular flexibility index (Phi) is 6.19. The number of nitriles is 1. The summed E-state index contributed by atoms with van der Waals surface area (Å²) in [7, 11) is -0.828. The molecule has 0 spiro atoms. The largest absolute Gasteiger partial charge is 0.259 e. The third kappa shape index (κ3) is 3.81. The van der Waals surface area contributed by atoms with Crippen molar-refractivity contribution >= 4 is 10.8 Å². The molecule has 3 heteroatoms. The van der Waals surface area contributed by atoms with Gasteiger partial charge in [-0.1, -0.05) is 33.6 Å². The van der Waals surface area contributed by atoms with Gasteiger partial charge in [-0.3, -0.25) is 4.21 Å². The molecule has 0 saturated heterocycles. The van der Waals surface area contributed by atoms with E-state index in [1.54, 1.807) is 0 Å². The third-order valence-corrected chi connectivity index (χ3v) is 6.28. The van der Waals surface area contributed by atoms with Crippen LogP contribution in [0.4, 0.5) is 0 Å². The van der Waals surface area contributed by atoms with Gasteiger partial charge in [0.1, 0.15) is 0 Å². The first-order valence-corrected chi connectivity index (χ1v) is 8.20. The van der Waals surface area contributed by atoms with Crippen LogP contribution in [-0.4, -0.2) is 14.7 Å². The van der Waals surface area contributed by atoms with Gasteiger partial charge in [0.05, 0.1) is 17.2 Å². The van der Waals surface area contributed by atoms with E-state index in [0.29, 0.717) is 5.92 Å². The standard InChI is InChI=1S/C14H25NOS/c1-4-6-12-7-8-13(10-15)14(9-12)17(16)11(3)5-2/h11-14H,4-9H2,1-3H3. The monoisotopic (exact) mass is 255 g/mol. The van der Waals surface area contributed by atoms with Crippen LogP contribution >= 0.6 is 0 Å². The average Bonchev–Trinajstić information content (AvgIpc) is 2.37. The smallest absolute Gasteiger partial charge is 0.0668 e. The third-order valence-electron chi connectivity index (χ3n) is 4.03. The molecule has 5 unspecified atom stereocenters. The van der Waals surface area contributed by atoms with Crippen LogP contribution in [-0.2, 0) is 10.8 Å². The Morgan fingerprint density at radius 3 is 2.65 bits per heavy atom. The predicted molar refractivity (Wildman–Crippen MR) is 73.0 cm³/mol. The molecule has 0 aliphatic heterocycles. The molecule has 1 rings (SSSR count). The van der Waals surface area contributed by atoms with Crippen molar-refractivity contribution in [3.05, 3.63) is 0 Å². The number of nitrogens with zero attached hydrogens (tertiary/aromatic N) is 1. The van der Waals surface area contributed by atoms with Gasteiger partial charge in [0, 0.05) is 16.0 Å². The number of hydrogen-bond acceptors (Lipinski definition) is 2. The maximum absolute atomic E-state index is 12.4.